The van der Waals surface area contributed by atoms with Crippen LogP contribution in [0.3, 0.4) is 0 Å². The second-order valence-electron chi connectivity index (χ2n) is 12.7. The quantitative estimate of drug-likeness (QED) is 0.248. The van der Waals surface area contributed by atoms with E-state index in [9.17, 15) is 14.3 Å². The van der Waals surface area contributed by atoms with E-state index < -0.39 is 23.5 Å². The number of ether oxygens (including phenoxy) is 3. The molecule has 0 spiro atoms. The maximum Gasteiger partial charge on any atom is 0.337 e. The summed E-state index contributed by atoms with van der Waals surface area (Å²) >= 11 is 0. The van der Waals surface area contributed by atoms with E-state index in [2.05, 4.69) is 28.7 Å². The molecule has 1 atom stereocenters. The summed E-state index contributed by atoms with van der Waals surface area (Å²) in [5, 5.41) is 10.3. The van der Waals surface area contributed by atoms with Crippen LogP contribution in [0.1, 0.15) is 70.4 Å². The lowest BCUT2D eigenvalue weighted by atomic mass is 9.82. The van der Waals surface area contributed by atoms with Crippen molar-refractivity contribution in [3.8, 4) is 22.8 Å². The number of aliphatic carboxylic acids is 1. The predicted molar refractivity (Wildman–Crippen MR) is 161 cm³/mol. The van der Waals surface area contributed by atoms with E-state index in [1.807, 2.05) is 20.8 Å². The van der Waals surface area contributed by atoms with Gasteiger partial charge in [0.15, 0.2) is 11.9 Å². The summed E-state index contributed by atoms with van der Waals surface area (Å²) in [6.07, 6.45) is 3.67. The van der Waals surface area contributed by atoms with E-state index >= 15 is 4.39 Å². The molecule has 1 aromatic carbocycles. The van der Waals surface area contributed by atoms with Crippen LogP contribution in [-0.4, -0.2) is 52.9 Å². The summed E-state index contributed by atoms with van der Waals surface area (Å²) in [5.41, 5.74) is 2.53. The molecule has 1 aliphatic heterocycles. The van der Waals surface area contributed by atoms with Gasteiger partial charge >= 0.3 is 5.97 Å². The average molecular weight is 598 g/mol. The van der Waals surface area contributed by atoms with Gasteiger partial charge in [0.05, 0.1) is 11.3 Å². The van der Waals surface area contributed by atoms with Crippen LogP contribution in [0.25, 0.3) is 11.1 Å². The van der Waals surface area contributed by atoms with Crippen LogP contribution < -0.4 is 14.4 Å². The number of carbonyl (C=O) groups is 1. The number of anilines is 1. The molecule has 0 radical (unpaired) electrons. The minimum atomic E-state index is -1.28. The Hall–Kier alpha value is -3.79. The van der Waals surface area contributed by atoms with Crippen LogP contribution in [0, 0.1) is 30.9 Å². The predicted octanol–water partition coefficient (Wildman–Crippen LogP) is 7.06. The molecule has 0 aliphatic carbocycles. The van der Waals surface area contributed by atoms with Gasteiger partial charge in [0.1, 0.15) is 24.8 Å². The summed E-state index contributed by atoms with van der Waals surface area (Å²) in [6, 6.07) is 5.74. The number of piperidine rings is 1. The molecule has 1 aliphatic rings. The Morgan fingerprint density at radius 2 is 1.70 bits per heavy atom. The van der Waals surface area contributed by atoms with Gasteiger partial charge in [-0.15, -0.1) is 0 Å². The highest BCUT2D eigenvalue weighted by Gasteiger charge is 2.36. The number of benzene rings is 1. The fourth-order valence-corrected chi connectivity index (χ4v) is 5.08. The number of pyridine rings is 2. The number of aryl methyl sites for hydroxylation is 2. The summed E-state index contributed by atoms with van der Waals surface area (Å²) in [6.45, 7) is 14.8. The minimum absolute atomic E-state index is 0.0230. The van der Waals surface area contributed by atoms with Crippen molar-refractivity contribution in [3.05, 3.63) is 65.1 Å². The van der Waals surface area contributed by atoms with E-state index in [0.717, 1.165) is 12.8 Å². The van der Waals surface area contributed by atoms with E-state index in [4.69, 9.17) is 14.2 Å². The third kappa shape index (κ3) is 7.98. The first-order chi connectivity index (χ1) is 20.1. The summed E-state index contributed by atoms with van der Waals surface area (Å²) < 4.78 is 46.0. The number of rotatable bonds is 10. The molecule has 232 valence electrons. The SMILES string of the molecule is Cc1cc(OCCOc2ncc(-c3cnc(C)c([C@H](OC(C)(C)C)C(=O)O)c3N3CCC(C)(C)CC3)cc2F)ccc1F. The molecule has 1 fully saturated rings. The summed E-state index contributed by atoms with van der Waals surface area (Å²) in [5.74, 6) is -1.83. The zero-order valence-electron chi connectivity index (χ0n) is 26.0. The van der Waals surface area contributed by atoms with Gasteiger partial charge in [0, 0.05) is 47.9 Å². The molecule has 4 rings (SSSR count). The molecular formula is C33H41F2N3O5. The molecule has 8 nitrogen and oxygen atoms in total. The molecule has 0 bridgehead atoms. The molecular weight excluding hydrogens is 556 g/mol. The highest BCUT2D eigenvalue weighted by atomic mass is 19.1. The van der Waals surface area contributed by atoms with Crippen LogP contribution in [0.5, 0.6) is 11.6 Å². The number of nitrogens with zero attached hydrogens (tertiary/aromatic N) is 3. The van der Waals surface area contributed by atoms with Crippen LogP contribution >= 0.6 is 0 Å². The number of hydrogen-bond donors (Lipinski definition) is 1. The van der Waals surface area contributed by atoms with Crippen LogP contribution in [0.4, 0.5) is 14.5 Å². The van der Waals surface area contributed by atoms with Gasteiger partial charge in [-0.1, -0.05) is 13.8 Å². The van der Waals surface area contributed by atoms with Gasteiger partial charge < -0.3 is 24.2 Å². The normalized spacial score (nSPS) is 15.7. The molecule has 1 N–H and O–H groups in total. The second kappa shape index (κ2) is 12.8. The lowest BCUT2D eigenvalue weighted by molar-refractivity contribution is -0.160. The van der Waals surface area contributed by atoms with Gasteiger partial charge in [0.25, 0.3) is 5.88 Å². The van der Waals surface area contributed by atoms with Crippen molar-refractivity contribution in [2.75, 3.05) is 31.2 Å². The fraction of sp³-hybridized carbons (Fsp3) is 0.485. The molecule has 2 aromatic heterocycles. The number of carboxylic acid groups (broad SMARTS) is 1. The Balaban J connectivity index is 1.65. The Kier molecular flexibility index (Phi) is 9.59. The molecule has 0 amide bonds. The van der Waals surface area contributed by atoms with Crippen molar-refractivity contribution in [1.82, 2.24) is 9.97 Å². The van der Waals surface area contributed by atoms with Crippen molar-refractivity contribution in [1.29, 1.82) is 0 Å². The summed E-state index contributed by atoms with van der Waals surface area (Å²) in [4.78, 5) is 23.5. The first-order valence-corrected chi connectivity index (χ1v) is 14.5. The van der Waals surface area contributed by atoms with Gasteiger partial charge in [-0.25, -0.2) is 18.6 Å². The van der Waals surface area contributed by atoms with Gasteiger partial charge in [0.2, 0.25) is 0 Å². The van der Waals surface area contributed by atoms with E-state index in [-0.39, 0.29) is 30.3 Å². The molecule has 10 heteroatoms. The van der Waals surface area contributed by atoms with Gasteiger partial charge in [-0.3, -0.25) is 4.98 Å². The topological polar surface area (TPSA) is 94.0 Å². The zero-order chi connectivity index (χ0) is 31.5. The molecule has 1 saturated heterocycles. The summed E-state index contributed by atoms with van der Waals surface area (Å²) in [7, 11) is 0. The average Bonchev–Trinajstić information content (AvgIpc) is 2.92. The third-order valence-corrected chi connectivity index (χ3v) is 7.52. The van der Waals surface area contributed by atoms with E-state index in [1.54, 1.807) is 26.1 Å². The van der Waals surface area contributed by atoms with E-state index in [1.165, 1.54) is 24.4 Å². The number of aromatic nitrogens is 2. The van der Waals surface area contributed by atoms with Crippen molar-refractivity contribution in [2.45, 2.75) is 73.0 Å². The second-order valence-corrected chi connectivity index (χ2v) is 12.7. The molecule has 3 heterocycles. The number of hydrogen-bond acceptors (Lipinski definition) is 7. The zero-order valence-corrected chi connectivity index (χ0v) is 26.0. The Bertz CT molecular complexity index is 1460. The number of halogens is 2. The van der Waals surface area contributed by atoms with Gasteiger partial charge in [-0.2, -0.15) is 0 Å². The maximum absolute atomic E-state index is 15.3. The van der Waals surface area contributed by atoms with Crippen molar-refractivity contribution in [2.24, 2.45) is 5.41 Å². The highest BCUT2D eigenvalue weighted by Crippen LogP contribution is 2.43. The largest absolute Gasteiger partial charge is 0.490 e. The Morgan fingerprint density at radius 1 is 1.02 bits per heavy atom. The smallest absolute Gasteiger partial charge is 0.337 e. The molecule has 0 unspecified atom stereocenters. The fourth-order valence-electron chi connectivity index (χ4n) is 5.08. The van der Waals surface area contributed by atoms with Crippen LogP contribution in [0.15, 0.2) is 36.7 Å². The first-order valence-electron chi connectivity index (χ1n) is 14.5. The van der Waals surface area contributed by atoms with Crippen molar-refractivity contribution >= 4 is 11.7 Å². The van der Waals surface area contributed by atoms with Crippen LogP contribution in [-0.2, 0) is 9.53 Å². The van der Waals surface area contributed by atoms with Crippen LogP contribution in [0.2, 0.25) is 0 Å². The highest BCUT2D eigenvalue weighted by molar-refractivity contribution is 5.86. The Labute approximate surface area is 252 Å². The minimum Gasteiger partial charge on any atom is -0.490 e. The number of carboxylic acids is 1. The van der Waals surface area contributed by atoms with Crippen molar-refractivity contribution < 1.29 is 32.9 Å². The van der Waals surface area contributed by atoms with E-state index in [0.29, 0.717) is 52.5 Å². The molecule has 0 saturated carbocycles. The monoisotopic (exact) mass is 597 g/mol. The molecule has 3 aromatic rings. The lowest BCUT2D eigenvalue weighted by Gasteiger charge is -2.40. The lowest BCUT2D eigenvalue weighted by Crippen LogP contribution is -2.39. The standard InChI is InChI=1S/C33H41F2N3O5/c1-20-16-23(8-9-25(20)34)41-14-15-42-30-26(35)17-22(18-37-30)24-19-36-21(2)27(29(31(39)40)43-32(3,4)5)28(24)38-12-10-33(6,7)11-13-38/h8-9,16-19,29H,10-15H2,1-7H3,(H,39,40)/t29-/m0/s1. The van der Waals surface area contributed by atoms with Crippen molar-refractivity contribution in [3.63, 3.8) is 0 Å². The van der Waals surface area contributed by atoms with Gasteiger partial charge in [-0.05, 0) is 82.7 Å². The third-order valence-electron chi connectivity index (χ3n) is 7.52. The maximum atomic E-state index is 15.3. The molecule has 43 heavy (non-hydrogen) atoms. The first kappa shape index (κ1) is 32.1. The Morgan fingerprint density at radius 3 is 2.30 bits per heavy atom.